The summed E-state index contributed by atoms with van der Waals surface area (Å²) < 4.78 is 10.6. The van der Waals surface area contributed by atoms with Gasteiger partial charge in [0.2, 0.25) is 0 Å². The fourth-order valence-electron chi connectivity index (χ4n) is 2.48. The Kier molecular flexibility index (Phi) is 8.94. The van der Waals surface area contributed by atoms with Crippen molar-refractivity contribution >= 4 is 29.9 Å². The maximum atomic E-state index is 10.5. The topological polar surface area (TPSA) is 79.0 Å². The summed E-state index contributed by atoms with van der Waals surface area (Å²) in [7, 11) is 1.66. The highest BCUT2D eigenvalue weighted by atomic mass is 127. The summed E-state index contributed by atoms with van der Waals surface area (Å²) in [6.45, 7) is 7.26. The molecule has 26 heavy (non-hydrogen) atoms. The third kappa shape index (κ3) is 6.21. The van der Waals surface area contributed by atoms with E-state index < -0.39 is 5.60 Å². The molecular formula is C19H28IN3O3. The Morgan fingerprint density at radius 3 is 2.65 bits per heavy atom. The fourth-order valence-corrected chi connectivity index (χ4v) is 2.48. The van der Waals surface area contributed by atoms with Crippen molar-refractivity contribution in [2.24, 2.45) is 4.99 Å². The molecule has 6 nitrogen and oxygen atoms in total. The molecule has 1 aromatic carbocycles. The van der Waals surface area contributed by atoms with Gasteiger partial charge in [0.1, 0.15) is 17.1 Å². The van der Waals surface area contributed by atoms with Gasteiger partial charge in [0.05, 0.1) is 26.5 Å². The number of aliphatic hydroxyl groups is 1. The molecular weight excluding hydrogens is 445 g/mol. The number of hydrogen-bond acceptors (Lipinski definition) is 4. The average molecular weight is 473 g/mol. The first-order valence-corrected chi connectivity index (χ1v) is 8.38. The third-order valence-corrected chi connectivity index (χ3v) is 3.88. The second-order valence-electron chi connectivity index (χ2n) is 6.10. The lowest BCUT2D eigenvalue weighted by Crippen LogP contribution is -2.44. The molecule has 3 N–H and O–H groups in total. The van der Waals surface area contributed by atoms with E-state index in [1.165, 1.54) is 0 Å². The molecule has 0 fully saturated rings. The number of aliphatic imine (C=N–C) groups is 1. The predicted molar refractivity (Wildman–Crippen MR) is 114 cm³/mol. The fraction of sp³-hybridized carbons (Fsp3) is 0.421. The Labute approximate surface area is 172 Å². The Bertz CT molecular complexity index is 700. The maximum absolute atomic E-state index is 10.5. The van der Waals surface area contributed by atoms with Crippen LogP contribution in [-0.4, -0.2) is 31.3 Å². The van der Waals surface area contributed by atoms with Crippen LogP contribution >= 0.6 is 24.0 Å². The minimum absolute atomic E-state index is 0. The molecule has 0 aliphatic carbocycles. The van der Waals surface area contributed by atoms with Gasteiger partial charge in [-0.1, -0.05) is 12.1 Å². The van der Waals surface area contributed by atoms with Crippen molar-refractivity contribution in [1.29, 1.82) is 0 Å². The van der Waals surface area contributed by atoms with E-state index in [1.807, 2.05) is 26.0 Å². The Hall–Kier alpha value is -1.74. The summed E-state index contributed by atoms with van der Waals surface area (Å²) >= 11 is 0. The van der Waals surface area contributed by atoms with E-state index in [4.69, 9.17) is 9.15 Å². The largest absolute Gasteiger partial charge is 0.496 e. The van der Waals surface area contributed by atoms with Gasteiger partial charge in [0, 0.05) is 6.54 Å². The minimum Gasteiger partial charge on any atom is -0.496 e. The number of rotatable bonds is 7. The lowest BCUT2D eigenvalue weighted by atomic mass is 10.0. The zero-order valence-corrected chi connectivity index (χ0v) is 18.0. The first kappa shape index (κ1) is 22.3. The molecule has 1 aromatic heterocycles. The molecule has 0 bridgehead atoms. The summed E-state index contributed by atoms with van der Waals surface area (Å²) in [4.78, 5) is 4.58. The van der Waals surface area contributed by atoms with Crippen molar-refractivity contribution < 1.29 is 14.3 Å². The van der Waals surface area contributed by atoms with Gasteiger partial charge >= 0.3 is 0 Å². The molecule has 1 heterocycles. The average Bonchev–Trinajstić information content (AvgIpc) is 3.13. The number of methoxy groups -OCH3 is 1. The predicted octanol–water partition coefficient (Wildman–Crippen LogP) is 3.18. The molecule has 0 aliphatic rings. The molecule has 2 aromatic rings. The van der Waals surface area contributed by atoms with Crippen molar-refractivity contribution in [1.82, 2.24) is 10.6 Å². The number of nitrogens with one attached hydrogen (secondary N) is 2. The second kappa shape index (κ2) is 10.4. The van der Waals surface area contributed by atoms with Crippen LogP contribution in [-0.2, 0) is 12.1 Å². The molecule has 2 rings (SSSR count). The third-order valence-electron chi connectivity index (χ3n) is 3.88. The van der Waals surface area contributed by atoms with Crippen LogP contribution in [0.2, 0.25) is 0 Å². The van der Waals surface area contributed by atoms with E-state index in [9.17, 15) is 5.11 Å². The number of aryl methyl sites for hydroxylation is 1. The van der Waals surface area contributed by atoms with E-state index in [0.717, 1.165) is 23.4 Å². The van der Waals surface area contributed by atoms with E-state index in [2.05, 4.69) is 21.7 Å². The van der Waals surface area contributed by atoms with E-state index in [1.54, 1.807) is 32.4 Å². The van der Waals surface area contributed by atoms with Crippen LogP contribution in [0.15, 0.2) is 46.0 Å². The summed E-state index contributed by atoms with van der Waals surface area (Å²) in [5.74, 6) is 2.02. The van der Waals surface area contributed by atoms with Gasteiger partial charge in [-0.2, -0.15) is 0 Å². The van der Waals surface area contributed by atoms with Crippen molar-refractivity contribution in [2.75, 3.05) is 20.2 Å². The Morgan fingerprint density at radius 2 is 2.08 bits per heavy atom. The quantitative estimate of drug-likeness (QED) is 0.327. The zero-order valence-electron chi connectivity index (χ0n) is 15.7. The minimum atomic E-state index is -1.11. The number of ether oxygens (including phenoxy) is 1. The molecule has 144 valence electrons. The molecule has 0 saturated heterocycles. The normalized spacial score (nSPS) is 13.5. The molecule has 0 radical (unpaired) electrons. The van der Waals surface area contributed by atoms with Crippen molar-refractivity contribution in [3.63, 3.8) is 0 Å². The molecule has 0 aliphatic heterocycles. The highest BCUT2D eigenvalue weighted by Crippen LogP contribution is 2.20. The maximum Gasteiger partial charge on any atom is 0.191 e. The van der Waals surface area contributed by atoms with Crippen molar-refractivity contribution in [3.8, 4) is 5.75 Å². The van der Waals surface area contributed by atoms with Crippen LogP contribution in [0.25, 0.3) is 0 Å². The lowest BCUT2D eigenvalue weighted by Gasteiger charge is -2.22. The Morgan fingerprint density at radius 1 is 1.31 bits per heavy atom. The van der Waals surface area contributed by atoms with E-state index in [-0.39, 0.29) is 30.5 Å². The van der Waals surface area contributed by atoms with Crippen LogP contribution in [0.5, 0.6) is 5.75 Å². The number of furan rings is 1. The van der Waals surface area contributed by atoms with E-state index in [0.29, 0.717) is 18.3 Å². The van der Waals surface area contributed by atoms with Crippen molar-refractivity contribution in [3.05, 3.63) is 53.5 Å². The van der Waals surface area contributed by atoms with Gasteiger partial charge in [0.25, 0.3) is 0 Å². The smallest absolute Gasteiger partial charge is 0.191 e. The number of nitrogens with zero attached hydrogens (tertiary/aromatic N) is 1. The summed E-state index contributed by atoms with van der Waals surface area (Å²) in [6, 6.07) is 9.52. The number of guanidine groups is 1. The van der Waals surface area contributed by atoms with Gasteiger partial charge in [-0.3, -0.25) is 0 Å². The van der Waals surface area contributed by atoms with Crippen LogP contribution < -0.4 is 15.4 Å². The van der Waals surface area contributed by atoms with Crippen LogP contribution in [0.3, 0.4) is 0 Å². The second-order valence-corrected chi connectivity index (χ2v) is 6.10. The molecule has 0 saturated carbocycles. The highest BCUT2D eigenvalue weighted by molar-refractivity contribution is 14.0. The van der Waals surface area contributed by atoms with Gasteiger partial charge in [-0.05, 0) is 50.1 Å². The van der Waals surface area contributed by atoms with Crippen LogP contribution in [0, 0.1) is 6.92 Å². The van der Waals surface area contributed by atoms with E-state index >= 15 is 0 Å². The van der Waals surface area contributed by atoms with Crippen LogP contribution in [0.4, 0.5) is 0 Å². The summed E-state index contributed by atoms with van der Waals surface area (Å²) in [5, 5.41) is 16.9. The van der Waals surface area contributed by atoms with Gasteiger partial charge < -0.3 is 24.9 Å². The van der Waals surface area contributed by atoms with Gasteiger partial charge in [-0.25, -0.2) is 4.99 Å². The number of benzene rings is 1. The molecule has 1 unspecified atom stereocenters. The van der Waals surface area contributed by atoms with Gasteiger partial charge in [0.15, 0.2) is 5.96 Å². The first-order valence-electron chi connectivity index (χ1n) is 8.38. The SMILES string of the molecule is CCNC(=NCc1ccc(OC)c(C)c1)NCC(C)(O)c1ccco1.I. The molecule has 0 amide bonds. The molecule has 7 heteroatoms. The van der Waals surface area contributed by atoms with Crippen molar-refractivity contribution in [2.45, 2.75) is 32.9 Å². The summed E-state index contributed by atoms with van der Waals surface area (Å²) in [6.07, 6.45) is 1.55. The number of halogens is 1. The van der Waals surface area contributed by atoms with Gasteiger partial charge in [-0.15, -0.1) is 24.0 Å². The standard InChI is InChI=1S/C19H27N3O3.HI/c1-5-20-18(22-13-19(3,23)17-7-6-10-25-17)21-12-15-8-9-16(24-4)14(2)11-15;/h6-11,23H,5,12-13H2,1-4H3,(H2,20,21,22);1H. The first-order chi connectivity index (χ1) is 12.0. The summed E-state index contributed by atoms with van der Waals surface area (Å²) in [5.41, 5.74) is 1.05. The van der Waals surface area contributed by atoms with Crippen LogP contribution in [0.1, 0.15) is 30.7 Å². The molecule has 1 atom stereocenters. The monoisotopic (exact) mass is 473 g/mol. The molecule has 0 spiro atoms. The highest BCUT2D eigenvalue weighted by Gasteiger charge is 2.26. The lowest BCUT2D eigenvalue weighted by molar-refractivity contribution is 0.0386. The number of hydrogen-bond donors (Lipinski definition) is 3. The zero-order chi connectivity index (χ0) is 18.3. The Balaban J connectivity index is 0.00000338.